The Balaban J connectivity index is 2.62. The van der Waals surface area contributed by atoms with Crippen molar-refractivity contribution < 1.29 is 14.6 Å². The van der Waals surface area contributed by atoms with Crippen LogP contribution in [0.2, 0.25) is 0 Å². The third kappa shape index (κ3) is 5.31. The Kier molecular flexibility index (Phi) is 4.45. The molecule has 0 saturated carbocycles. The number of nitrogens with zero attached hydrogens (tertiary/aromatic N) is 1. The van der Waals surface area contributed by atoms with Crippen LogP contribution >= 0.6 is 0 Å². The minimum Gasteiger partial charge on any atom is -0.444 e. The highest BCUT2D eigenvalue weighted by Gasteiger charge is 2.16. The molecule has 0 fully saturated rings. The fourth-order valence-electron chi connectivity index (χ4n) is 1.23. The van der Waals surface area contributed by atoms with E-state index in [0.717, 1.165) is 5.69 Å². The lowest BCUT2D eigenvalue weighted by molar-refractivity contribution is 0.0636. The zero-order chi connectivity index (χ0) is 12.9. The van der Waals surface area contributed by atoms with E-state index < -0.39 is 11.7 Å². The molecule has 0 radical (unpaired) electrons. The highest BCUT2D eigenvalue weighted by Crippen LogP contribution is 2.12. The molecular weight excluding hydrogens is 220 g/mol. The third-order valence-electron chi connectivity index (χ3n) is 1.83. The van der Waals surface area contributed by atoms with Crippen LogP contribution in [-0.2, 0) is 11.2 Å². The third-order valence-corrected chi connectivity index (χ3v) is 1.83. The fourth-order valence-corrected chi connectivity index (χ4v) is 1.23. The number of rotatable bonds is 3. The van der Waals surface area contributed by atoms with Crippen LogP contribution in [-0.4, -0.2) is 28.4 Å². The van der Waals surface area contributed by atoms with Crippen molar-refractivity contribution in [1.82, 2.24) is 4.98 Å². The number of amides is 1. The van der Waals surface area contributed by atoms with E-state index in [2.05, 4.69) is 10.3 Å². The summed E-state index contributed by atoms with van der Waals surface area (Å²) < 4.78 is 5.12. The van der Waals surface area contributed by atoms with Crippen molar-refractivity contribution in [2.24, 2.45) is 0 Å². The molecule has 1 aromatic rings. The first kappa shape index (κ1) is 13.4. The Labute approximate surface area is 101 Å². The zero-order valence-electron chi connectivity index (χ0n) is 10.4. The first-order valence-corrected chi connectivity index (χ1v) is 5.46. The molecule has 0 atom stereocenters. The van der Waals surface area contributed by atoms with E-state index in [1.165, 1.54) is 0 Å². The molecule has 94 valence electrons. The second kappa shape index (κ2) is 5.63. The van der Waals surface area contributed by atoms with Gasteiger partial charge in [0, 0.05) is 30.6 Å². The number of aliphatic hydroxyl groups is 1. The van der Waals surface area contributed by atoms with Crippen LogP contribution in [0.4, 0.5) is 10.5 Å². The lowest BCUT2D eigenvalue weighted by Crippen LogP contribution is -2.27. The maximum atomic E-state index is 11.5. The molecule has 1 amide bonds. The Bertz CT molecular complexity index is 386. The van der Waals surface area contributed by atoms with Gasteiger partial charge in [0.05, 0.1) is 0 Å². The van der Waals surface area contributed by atoms with E-state index in [4.69, 9.17) is 9.84 Å². The molecule has 0 aliphatic rings. The van der Waals surface area contributed by atoms with Gasteiger partial charge in [0.1, 0.15) is 5.60 Å². The van der Waals surface area contributed by atoms with Gasteiger partial charge in [0.2, 0.25) is 0 Å². The van der Waals surface area contributed by atoms with Crippen LogP contribution in [0, 0.1) is 0 Å². The Morgan fingerprint density at radius 2 is 2.24 bits per heavy atom. The van der Waals surface area contributed by atoms with Gasteiger partial charge >= 0.3 is 6.09 Å². The summed E-state index contributed by atoms with van der Waals surface area (Å²) >= 11 is 0. The van der Waals surface area contributed by atoms with Gasteiger partial charge in [-0.2, -0.15) is 0 Å². The molecule has 5 nitrogen and oxygen atoms in total. The van der Waals surface area contributed by atoms with Crippen LogP contribution < -0.4 is 5.32 Å². The second-order valence-electron chi connectivity index (χ2n) is 4.64. The molecule has 0 bridgehead atoms. The lowest BCUT2D eigenvalue weighted by atomic mass is 10.2. The topological polar surface area (TPSA) is 71.5 Å². The number of carbonyl (C=O) groups excluding carboxylic acids is 1. The molecule has 1 aromatic heterocycles. The number of nitrogens with one attached hydrogen (secondary N) is 1. The van der Waals surface area contributed by atoms with Crippen molar-refractivity contribution in [3.63, 3.8) is 0 Å². The SMILES string of the molecule is CC(C)(C)OC(=O)Nc1ccnc(CCO)c1. The summed E-state index contributed by atoms with van der Waals surface area (Å²) in [5.74, 6) is 0. The summed E-state index contributed by atoms with van der Waals surface area (Å²) in [5.41, 5.74) is 0.809. The maximum Gasteiger partial charge on any atom is 0.412 e. The number of anilines is 1. The normalized spacial score (nSPS) is 11.1. The smallest absolute Gasteiger partial charge is 0.412 e. The van der Waals surface area contributed by atoms with Crippen molar-refractivity contribution in [2.45, 2.75) is 32.8 Å². The van der Waals surface area contributed by atoms with Gasteiger partial charge in [-0.1, -0.05) is 0 Å². The minimum atomic E-state index is -0.523. The number of hydrogen-bond donors (Lipinski definition) is 2. The van der Waals surface area contributed by atoms with Gasteiger partial charge in [-0.05, 0) is 32.9 Å². The second-order valence-corrected chi connectivity index (χ2v) is 4.64. The number of ether oxygens (including phenoxy) is 1. The first-order chi connectivity index (χ1) is 7.90. The molecule has 0 unspecified atom stereocenters. The van der Waals surface area contributed by atoms with Gasteiger partial charge in [0.15, 0.2) is 0 Å². The Morgan fingerprint density at radius 3 is 2.82 bits per heavy atom. The lowest BCUT2D eigenvalue weighted by Gasteiger charge is -2.19. The van der Waals surface area contributed by atoms with Gasteiger partial charge in [-0.25, -0.2) is 4.79 Å². The van der Waals surface area contributed by atoms with Crippen molar-refractivity contribution in [2.75, 3.05) is 11.9 Å². The summed E-state index contributed by atoms with van der Waals surface area (Å²) in [5, 5.41) is 11.4. The monoisotopic (exact) mass is 238 g/mol. The van der Waals surface area contributed by atoms with E-state index >= 15 is 0 Å². The number of pyridine rings is 1. The summed E-state index contributed by atoms with van der Waals surface area (Å²) in [4.78, 5) is 15.6. The maximum absolute atomic E-state index is 11.5. The van der Waals surface area contributed by atoms with Crippen LogP contribution in [0.1, 0.15) is 26.5 Å². The van der Waals surface area contributed by atoms with E-state index in [1.807, 2.05) is 0 Å². The molecule has 0 spiro atoms. The number of carbonyl (C=O) groups is 1. The van der Waals surface area contributed by atoms with Crippen molar-refractivity contribution >= 4 is 11.8 Å². The Morgan fingerprint density at radius 1 is 1.53 bits per heavy atom. The predicted octanol–water partition coefficient (Wildman–Crippen LogP) is 1.96. The number of hydrogen-bond acceptors (Lipinski definition) is 4. The van der Waals surface area contributed by atoms with Crippen LogP contribution in [0.15, 0.2) is 18.3 Å². The van der Waals surface area contributed by atoms with Gasteiger partial charge in [-0.15, -0.1) is 0 Å². The molecule has 2 N–H and O–H groups in total. The molecule has 1 heterocycles. The number of aliphatic hydroxyl groups excluding tert-OH is 1. The molecule has 0 aliphatic heterocycles. The largest absolute Gasteiger partial charge is 0.444 e. The predicted molar refractivity (Wildman–Crippen MR) is 64.9 cm³/mol. The van der Waals surface area contributed by atoms with Crippen molar-refractivity contribution in [3.8, 4) is 0 Å². The number of aromatic nitrogens is 1. The standard InChI is InChI=1S/C12H18N2O3/c1-12(2,3)17-11(16)14-10-4-6-13-9(8-10)5-7-15/h4,6,8,15H,5,7H2,1-3H3,(H,13,14,16). The summed E-state index contributed by atoms with van der Waals surface area (Å²) in [6.07, 6.45) is 1.54. The highest BCUT2D eigenvalue weighted by molar-refractivity contribution is 5.84. The van der Waals surface area contributed by atoms with Gasteiger partial charge in [-0.3, -0.25) is 10.3 Å². The average Bonchev–Trinajstić information content (AvgIpc) is 2.15. The highest BCUT2D eigenvalue weighted by atomic mass is 16.6. The molecular formula is C12H18N2O3. The van der Waals surface area contributed by atoms with Gasteiger partial charge < -0.3 is 9.84 Å². The molecule has 17 heavy (non-hydrogen) atoms. The zero-order valence-corrected chi connectivity index (χ0v) is 10.4. The Hall–Kier alpha value is -1.62. The molecule has 0 aliphatic carbocycles. The molecule has 1 rings (SSSR count). The quantitative estimate of drug-likeness (QED) is 0.844. The van der Waals surface area contributed by atoms with Gasteiger partial charge in [0.25, 0.3) is 0 Å². The summed E-state index contributed by atoms with van der Waals surface area (Å²) in [7, 11) is 0. The molecule has 0 aromatic carbocycles. The van der Waals surface area contributed by atoms with E-state index in [0.29, 0.717) is 12.1 Å². The summed E-state index contributed by atoms with van der Waals surface area (Å²) in [6, 6.07) is 3.38. The fraction of sp³-hybridized carbons (Fsp3) is 0.500. The van der Waals surface area contributed by atoms with Crippen LogP contribution in [0.3, 0.4) is 0 Å². The minimum absolute atomic E-state index is 0.0306. The van der Waals surface area contributed by atoms with Crippen LogP contribution in [0.5, 0.6) is 0 Å². The van der Waals surface area contributed by atoms with Crippen molar-refractivity contribution in [1.29, 1.82) is 0 Å². The van der Waals surface area contributed by atoms with Crippen molar-refractivity contribution in [3.05, 3.63) is 24.0 Å². The first-order valence-electron chi connectivity index (χ1n) is 5.46. The average molecular weight is 238 g/mol. The molecule has 5 heteroatoms. The van der Waals surface area contributed by atoms with E-state index in [1.54, 1.807) is 39.1 Å². The summed E-state index contributed by atoms with van der Waals surface area (Å²) in [6.45, 7) is 5.44. The molecule has 0 saturated heterocycles. The van der Waals surface area contributed by atoms with Crippen LogP contribution in [0.25, 0.3) is 0 Å². The van der Waals surface area contributed by atoms with E-state index in [-0.39, 0.29) is 6.61 Å². The van der Waals surface area contributed by atoms with E-state index in [9.17, 15) is 4.79 Å².